The highest BCUT2D eigenvalue weighted by Gasteiger charge is 2.39. The molecule has 0 bridgehead atoms. The van der Waals surface area contributed by atoms with Crippen LogP contribution in [0.2, 0.25) is 0 Å². The Bertz CT molecular complexity index is 1160. The number of hydrogen-bond acceptors (Lipinski definition) is 4. The fraction of sp³-hybridized carbons (Fsp3) is 0.467. The minimum atomic E-state index is 0.135. The molecule has 7 heteroatoms. The number of thioether (sulfide) groups is 1. The number of aliphatic imine (C=N–C) groups is 1. The third-order valence-corrected chi connectivity index (χ3v) is 10.1. The molecule has 37 heavy (non-hydrogen) atoms. The first-order chi connectivity index (χ1) is 18.0. The largest absolute Gasteiger partial charge is 0.487 e. The third-order valence-electron chi connectivity index (χ3n) is 7.47. The van der Waals surface area contributed by atoms with E-state index in [-0.39, 0.29) is 5.91 Å². The quantitative estimate of drug-likeness (QED) is 0.220. The van der Waals surface area contributed by atoms with Gasteiger partial charge in [0, 0.05) is 6.04 Å². The molecule has 1 saturated heterocycles. The minimum Gasteiger partial charge on any atom is -0.487 e. The number of benzene rings is 2. The molecular weight excluding hydrogens is 706 g/mol. The Balaban J connectivity index is 1.37. The zero-order valence-corrected chi connectivity index (χ0v) is 26.5. The molecule has 2 aromatic carbocycles. The Morgan fingerprint density at radius 2 is 1.59 bits per heavy atom. The van der Waals surface area contributed by atoms with Gasteiger partial charge in [-0.25, -0.2) is 0 Å². The van der Waals surface area contributed by atoms with Crippen LogP contribution in [0.5, 0.6) is 5.75 Å². The summed E-state index contributed by atoms with van der Waals surface area (Å²) in [6.45, 7) is 2.63. The molecule has 5 rings (SSSR count). The van der Waals surface area contributed by atoms with Crippen LogP contribution < -0.4 is 4.74 Å². The number of ether oxygens (including phenoxy) is 1. The van der Waals surface area contributed by atoms with Gasteiger partial charge in [0.15, 0.2) is 5.17 Å². The fourth-order valence-corrected chi connectivity index (χ4v) is 8.63. The Morgan fingerprint density at radius 1 is 0.973 bits per heavy atom. The Morgan fingerprint density at radius 3 is 2.24 bits per heavy atom. The second-order valence-electron chi connectivity index (χ2n) is 10.4. The number of halogens is 2. The van der Waals surface area contributed by atoms with E-state index in [0.717, 1.165) is 59.8 Å². The molecule has 2 aromatic rings. The molecule has 0 atom stereocenters. The van der Waals surface area contributed by atoms with E-state index in [1.54, 1.807) is 11.8 Å². The van der Waals surface area contributed by atoms with E-state index in [2.05, 4.69) is 99.5 Å². The van der Waals surface area contributed by atoms with Gasteiger partial charge in [0.25, 0.3) is 5.91 Å². The number of hydrogen-bond donors (Lipinski definition) is 0. The van der Waals surface area contributed by atoms with Crippen molar-refractivity contribution >= 4 is 74.1 Å². The number of aryl methyl sites for hydroxylation is 1. The lowest BCUT2D eigenvalue weighted by atomic mass is 9.94. The van der Waals surface area contributed by atoms with Gasteiger partial charge in [0.05, 0.1) is 18.1 Å². The zero-order chi connectivity index (χ0) is 25.8. The first kappa shape index (κ1) is 27.5. The van der Waals surface area contributed by atoms with Gasteiger partial charge in [0.1, 0.15) is 12.4 Å². The smallest absolute Gasteiger partial charge is 0.266 e. The van der Waals surface area contributed by atoms with Gasteiger partial charge in [-0.2, -0.15) is 0 Å². The standard InChI is InChI=1S/C30H34I2N2O2S/c1-20-12-14-21(15-13-20)19-36-28-25(31)16-22(17-26(28)32)18-27-29(35)34(24-10-6-3-7-11-24)30(37-27)33-23-8-4-2-5-9-23/h12-18,23-24H,2-11,19H2,1H3. The molecule has 1 aliphatic heterocycles. The molecular formula is C30H34I2N2O2S. The number of amides is 1. The van der Waals surface area contributed by atoms with Crippen LogP contribution in [0.1, 0.15) is 80.9 Å². The maximum Gasteiger partial charge on any atom is 0.266 e. The Hall–Kier alpha value is -1.07. The summed E-state index contributed by atoms with van der Waals surface area (Å²) in [5.74, 6) is 1.04. The number of carbonyl (C=O) groups excluding carboxylic acids is 1. The number of rotatable bonds is 6. The van der Waals surface area contributed by atoms with Crippen molar-refractivity contribution in [2.24, 2.45) is 4.99 Å². The molecule has 0 aromatic heterocycles. The molecule has 0 radical (unpaired) electrons. The summed E-state index contributed by atoms with van der Waals surface area (Å²) in [6.07, 6.45) is 14.0. The highest BCUT2D eigenvalue weighted by Crippen LogP contribution is 2.39. The maximum atomic E-state index is 13.7. The van der Waals surface area contributed by atoms with Crippen LogP contribution in [0.25, 0.3) is 6.08 Å². The summed E-state index contributed by atoms with van der Waals surface area (Å²) >= 11 is 6.28. The van der Waals surface area contributed by atoms with Crippen LogP contribution in [-0.4, -0.2) is 28.1 Å². The molecule has 1 amide bonds. The van der Waals surface area contributed by atoms with Gasteiger partial charge in [-0.1, -0.05) is 68.4 Å². The predicted octanol–water partition coefficient (Wildman–Crippen LogP) is 8.72. The van der Waals surface area contributed by atoms with Crippen LogP contribution in [0.15, 0.2) is 46.3 Å². The van der Waals surface area contributed by atoms with Crippen LogP contribution in [0, 0.1) is 14.1 Å². The number of carbonyl (C=O) groups is 1. The summed E-state index contributed by atoms with van der Waals surface area (Å²) in [5.41, 5.74) is 3.44. The van der Waals surface area contributed by atoms with E-state index in [1.165, 1.54) is 44.1 Å². The number of nitrogens with zero attached hydrogens (tertiary/aromatic N) is 2. The molecule has 2 saturated carbocycles. The lowest BCUT2D eigenvalue weighted by molar-refractivity contribution is -0.124. The normalized spacial score (nSPS) is 21.8. The Kier molecular flexibility index (Phi) is 9.55. The van der Waals surface area contributed by atoms with Gasteiger partial charge < -0.3 is 4.74 Å². The predicted molar refractivity (Wildman–Crippen MR) is 171 cm³/mol. The lowest BCUT2D eigenvalue weighted by Crippen LogP contribution is -2.41. The van der Waals surface area contributed by atoms with E-state index >= 15 is 0 Å². The second kappa shape index (κ2) is 12.9. The molecule has 0 N–H and O–H groups in total. The van der Waals surface area contributed by atoms with Gasteiger partial charge in [-0.15, -0.1) is 0 Å². The highest BCUT2D eigenvalue weighted by molar-refractivity contribution is 14.1. The van der Waals surface area contributed by atoms with Crippen molar-refractivity contribution in [2.75, 3.05) is 0 Å². The molecule has 3 fully saturated rings. The Labute approximate surface area is 252 Å². The zero-order valence-electron chi connectivity index (χ0n) is 21.3. The molecule has 1 heterocycles. The summed E-state index contributed by atoms with van der Waals surface area (Å²) in [7, 11) is 0. The van der Waals surface area contributed by atoms with Gasteiger partial charge in [0.2, 0.25) is 0 Å². The average Bonchev–Trinajstić information content (AvgIpc) is 3.19. The van der Waals surface area contributed by atoms with Crippen LogP contribution in [0.3, 0.4) is 0 Å². The van der Waals surface area contributed by atoms with Crippen LogP contribution in [0.4, 0.5) is 0 Å². The van der Waals surface area contributed by atoms with Crippen molar-refractivity contribution in [1.82, 2.24) is 4.90 Å². The monoisotopic (exact) mass is 740 g/mol. The molecule has 196 valence electrons. The van der Waals surface area contributed by atoms with Crippen molar-refractivity contribution in [2.45, 2.75) is 89.8 Å². The van der Waals surface area contributed by atoms with Crippen LogP contribution in [-0.2, 0) is 11.4 Å². The average molecular weight is 740 g/mol. The molecule has 0 unspecified atom stereocenters. The summed E-state index contributed by atoms with van der Waals surface area (Å²) in [5, 5.41) is 0.942. The summed E-state index contributed by atoms with van der Waals surface area (Å²) in [4.78, 5) is 21.7. The maximum absolute atomic E-state index is 13.7. The summed E-state index contributed by atoms with van der Waals surface area (Å²) in [6, 6.07) is 13.3. The van der Waals surface area contributed by atoms with E-state index in [9.17, 15) is 4.79 Å². The van der Waals surface area contributed by atoms with Crippen molar-refractivity contribution in [3.05, 3.63) is 65.1 Å². The SMILES string of the molecule is Cc1ccc(COc2c(I)cc(C=C3SC(=NC4CCCCC4)N(C4CCCCC4)C3=O)cc2I)cc1. The molecule has 4 nitrogen and oxygen atoms in total. The van der Waals surface area contributed by atoms with Crippen molar-refractivity contribution < 1.29 is 9.53 Å². The number of amidine groups is 1. The van der Waals surface area contributed by atoms with Gasteiger partial charge >= 0.3 is 0 Å². The molecule has 0 spiro atoms. The first-order valence-corrected chi connectivity index (χ1v) is 16.4. The fourth-order valence-electron chi connectivity index (χ4n) is 5.40. The lowest BCUT2D eigenvalue weighted by Gasteiger charge is -2.31. The molecule has 3 aliphatic rings. The van der Waals surface area contributed by atoms with Crippen molar-refractivity contribution in [3.8, 4) is 5.75 Å². The summed E-state index contributed by atoms with van der Waals surface area (Å²) < 4.78 is 8.31. The van der Waals surface area contributed by atoms with Crippen LogP contribution >= 0.6 is 56.9 Å². The van der Waals surface area contributed by atoms with Gasteiger partial charge in [-0.05, 0) is 119 Å². The first-order valence-electron chi connectivity index (χ1n) is 13.5. The highest BCUT2D eigenvalue weighted by atomic mass is 127. The van der Waals surface area contributed by atoms with Gasteiger partial charge in [-0.3, -0.25) is 14.7 Å². The minimum absolute atomic E-state index is 0.135. The van der Waals surface area contributed by atoms with E-state index in [4.69, 9.17) is 9.73 Å². The van der Waals surface area contributed by atoms with E-state index in [0.29, 0.717) is 18.7 Å². The van der Waals surface area contributed by atoms with E-state index < -0.39 is 0 Å². The van der Waals surface area contributed by atoms with Crippen molar-refractivity contribution in [3.63, 3.8) is 0 Å². The molecule has 2 aliphatic carbocycles. The third kappa shape index (κ3) is 6.93. The topological polar surface area (TPSA) is 41.9 Å². The second-order valence-corrected chi connectivity index (χ2v) is 13.7. The van der Waals surface area contributed by atoms with Crippen molar-refractivity contribution in [1.29, 1.82) is 0 Å². The van der Waals surface area contributed by atoms with E-state index in [1.807, 2.05) is 0 Å².